The molecule has 0 bridgehead atoms. The molecule has 0 aliphatic heterocycles. The molecular formula is C25H37N3O6S. The molecule has 0 radical (unpaired) electrons. The minimum Gasteiger partial charge on any atom is -0.469 e. The van der Waals surface area contributed by atoms with Crippen molar-refractivity contribution in [3.63, 3.8) is 0 Å². The van der Waals surface area contributed by atoms with Gasteiger partial charge < -0.3 is 20.7 Å². The quantitative estimate of drug-likeness (QED) is 0.328. The van der Waals surface area contributed by atoms with Crippen LogP contribution in [-0.2, 0) is 35.1 Å². The molecular weight excluding hydrogens is 470 g/mol. The van der Waals surface area contributed by atoms with Crippen molar-refractivity contribution in [2.24, 2.45) is 5.92 Å². The van der Waals surface area contributed by atoms with Crippen molar-refractivity contribution in [2.45, 2.75) is 70.2 Å². The van der Waals surface area contributed by atoms with E-state index in [2.05, 4.69) is 20.7 Å². The number of ether oxygens (including phenoxy) is 1. The van der Waals surface area contributed by atoms with Crippen LogP contribution < -0.4 is 16.0 Å². The van der Waals surface area contributed by atoms with Crippen molar-refractivity contribution in [3.05, 3.63) is 35.9 Å². The Morgan fingerprint density at radius 1 is 0.943 bits per heavy atom. The van der Waals surface area contributed by atoms with Crippen LogP contribution in [0.5, 0.6) is 0 Å². The summed E-state index contributed by atoms with van der Waals surface area (Å²) in [6.07, 6.45) is 1.41. The second kappa shape index (κ2) is 15.9. The fourth-order valence-electron chi connectivity index (χ4n) is 3.45. The number of nitrogens with one attached hydrogen (secondary N) is 3. The Kier molecular flexibility index (Phi) is 13.7. The molecule has 3 amide bonds. The summed E-state index contributed by atoms with van der Waals surface area (Å²) in [6.45, 7) is 5.21. The molecule has 0 aromatic heterocycles. The van der Waals surface area contributed by atoms with Crippen LogP contribution >= 0.6 is 11.8 Å². The number of methoxy groups -OCH3 is 1. The van der Waals surface area contributed by atoms with E-state index in [0.29, 0.717) is 19.3 Å². The van der Waals surface area contributed by atoms with E-state index in [1.54, 1.807) is 0 Å². The van der Waals surface area contributed by atoms with Crippen LogP contribution in [0.4, 0.5) is 0 Å². The first-order valence-electron chi connectivity index (χ1n) is 11.7. The number of rotatable bonds is 14. The third-order valence-electron chi connectivity index (χ3n) is 5.18. The normalized spacial score (nSPS) is 13.3. The number of likely N-dealkylation sites (N-methyl/N-ethyl adjacent to an activating group) is 1. The number of hydrogen-bond acceptors (Lipinski definition) is 7. The van der Waals surface area contributed by atoms with Crippen LogP contribution in [0.3, 0.4) is 0 Å². The maximum Gasteiger partial charge on any atom is 0.305 e. The molecule has 0 aliphatic rings. The standard InChI is InChI=1S/C25H37N3O6S/c1-16(2)14-19(28-25(33)21(35-17(3)29)12-9-13-22(30)34-5)24(32)27-20(23(31)26-4)15-18-10-7-6-8-11-18/h6-8,10-11,16,19-21H,9,12-15H2,1-5H3,(H,26,31)(H,27,32)(H,28,33)/t19?,20-,21?/m0/s1. The first-order chi connectivity index (χ1) is 16.6. The molecule has 10 heteroatoms. The lowest BCUT2D eigenvalue weighted by atomic mass is 10.0. The van der Waals surface area contributed by atoms with Gasteiger partial charge in [-0.25, -0.2) is 0 Å². The van der Waals surface area contributed by atoms with Crippen molar-refractivity contribution in [2.75, 3.05) is 14.2 Å². The highest BCUT2D eigenvalue weighted by Crippen LogP contribution is 2.20. The predicted molar refractivity (Wildman–Crippen MR) is 135 cm³/mol. The van der Waals surface area contributed by atoms with Gasteiger partial charge in [0.25, 0.3) is 0 Å². The van der Waals surface area contributed by atoms with Crippen LogP contribution in [-0.4, -0.2) is 60.3 Å². The second-order valence-corrected chi connectivity index (χ2v) is 10.0. The molecule has 0 saturated carbocycles. The largest absolute Gasteiger partial charge is 0.469 e. The first kappa shape index (κ1) is 30.2. The fraction of sp³-hybridized carbons (Fsp3) is 0.560. The summed E-state index contributed by atoms with van der Waals surface area (Å²) in [7, 11) is 2.79. The van der Waals surface area contributed by atoms with Gasteiger partial charge in [-0.15, -0.1) is 0 Å². The average molecular weight is 508 g/mol. The maximum absolute atomic E-state index is 13.2. The van der Waals surface area contributed by atoms with Crippen molar-refractivity contribution in [1.82, 2.24) is 16.0 Å². The van der Waals surface area contributed by atoms with Crippen LogP contribution in [0.15, 0.2) is 30.3 Å². The molecule has 1 rings (SSSR count). The number of carbonyl (C=O) groups excluding carboxylic acids is 5. The summed E-state index contributed by atoms with van der Waals surface area (Å²) in [4.78, 5) is 61.8. The highest BCUT2D eigenvalue weighted by atomic mass is 32.2. The zero-order valence-electron chi connectivity index (χ0n) is 21.1. The minimum absolute atomic E-state index is 0.0804. The van der Waals surface area contributed by atoms with E-state index < -0.39 is 35.1 Å². The predicted octanol–water partition coefficient (Wildman–Crippen LogP) is 1.98. The molecule has 1 aromatic carbocycles. The average Bonchev–Trinajstić information content (AvgIpc) is 2.81. The minimum atomic E-state index is -0.888. The van der Waals surface area contributed by atoms with E-state index in [-0.39, 0.29) is 29.8 Å². The lowest BCUT2D eigenvalue weighted by Crippen LogP contribution is -2.55. The fourth-order valence-corrected chi connectivity index (χ4v) is 4.31. The molecule has 1 aromatic rings. The Hall–Kier alpha value is -2.88. The summed E-state index contributed by atoms with van der Waals surface area (Å²) in [5, 5.41) is 7.11. The van der Waals surface area contributed by atoms with E-state index in [4.69, 9.17) is 0 Å². The van der Waals surface area contributed by atoms with Gasteiger partial charge in [-0.1, -0.05) is 55.9 Å². The molecule has 0 saturated heterocycles. The van der Waals surface area contributed by atoms with E-state index in [1.807, 2.05) is 44.2 Å². The van der Waals surface area contributed by atoms with Gasteiger partial charge in [0, 0.05) is 26.8 Å². The summed E-state index contributed by atoms with van der Waals surface area (Å²) in [6, 6.07) is 7.61. The summed E-state index contributed by atoms with van der Waals surface area (Å²) >= 11 is 0.865. The SMILES string of the molecule is CNC(=O)[C@H](Cc1ccccc1)NC(=O)C(CC(C)C)NC(=O)C(CCCC(=O)OC)SC(C)=O. The van der Waals surface area contributed by atoms with Crippen molar-refractivity contribution < 1.29 is 28.7 Å². The molecule has 0 spiro atoms. The highest BCUT2D eigenvalue weighted by molar-refractivity contribution is 8.14. The van der Waals surface area contributed by atoms with Gasteiger partial charge in [0.05, 0.1) is 12.4 Å². The van der Waals surface area contributed by atoms with Crippen molar-refractivity contribution in [1.29, 1.82) is 0 Å². The lowest BCUT2D eigenvalue weighted by Gasteiger charge is -2.25. The van der Waals surface area contributed by atoms with E-state index >= 15 is 0 Å². The Morgan fingerprint density at radius 3 is 2.11 bits per heavy atom. The third kappa shape index (κ3) is 11.9. The molecule has 3 atom stereocenters. The lowest BCUT2D eigenvalue weighted by molar-refractivity contribution is -0.140. The zero-order valence-corrected chi connectivity index (χ0v) is 21.9. The van der Waals surface area contributed by atoms with Gasteiger partial charge >= 0.3 is 5.97 Å². The van der Waals surface area contributed by atoms with Crippen LogP contribution in [0, 0.1) is 5.92 Å². The number of amides is 3. The molecule has 2 unspecified atom stereocenters. The van der Waals surface area contributed by atoms with Crippen LogP contribution in [0.2, 0.25) is 0 Å². The van der Waals surface area contributed by atoms with Crippen LogP contribution in [0.1, 0.15) is 52.0 Å². The number of esters is 1. The van der Waals surface area contributed by atoms with Crippen LogP contribution in [0.25, 0.3) is 0 Å². The topological polar surface area (TPSA) is 131 Å². The number of thioether (sulfide) groups is 1. The monoisotopic (exact) mass is 507 g/mol. The molecule has 3 N–H and O–H groups in total. The van der Waals surface area contributed by atoms with E-state index in [0.717, 1.165) is 17.3 Å². The Morgan fingerprint density at radius 2 is 1.57 bits per heavy atom. The van der Waals surface area contributed by atoms with Gasteiger partial charge in [-0.3, -0.25) is 24.0 Å². The summed E-state index contributed by atoms with van der Waals surface area (Å²) in [5.41, 5.74) is 0.884. The van der Waals surface area contributed by atoms with Gasteiger partial charge in [0.1, 0.15) is 12.1 Å². The first-order valence-corrected chi connectivity index (χ1v) is 12.6. The summed E-state index contributed by atoms with van der Waals surface area (Å²) in [5.74, 6) is -1.60. The molecule has 0 fully saturated rings. The van der Waals surface area contributed by atoms with Gasteiger partial charge in [0.2, 0.25) is 17.7 Å². The van der Waals surface area contributed by atoms with Crippen molar-refractivity contribution >= 4 is 40.6 Å². The van der Waals surface area contributed by atoms with Gasteiger partial charge in [-0.2, -0.15) is 0 Å². The van der Waals surface area contributed by atoms with E-state index in [1.165, 1.54) is 21.1 Å². The number of benzene rings is 1. The van der Waals surface area contributed by atoms with Gasteiger partial charge in [0.15, 0.2) is 5.12 Å². The molecule has 0 heterocycles. The molecule has 35 heavy (non-hydrogen) atoms. The highest BCUT2D eigenvalue weighted by Gasteiger charge is 2.30. The molecule has 0 aliphatic carbocycles. The Balaban J connectivity index is 2.96. The molecule has 9 nitrogen and oxygen atoms in total. The maximum atomic E-state index is 13.2. The van der Waals surface area contributed by atoms with E-state index in [9.17, 15) is 24.0 Å². The number of carbonyl (C=O) groups is 5. The van der Waals surface area contributed by atoms with Gasteiger partial charge in [-0.05, 0) is 30.7 Å². The zero-order chi connectivity index (χ0) is 26.4. The smallest absolute Gasteiger partial charge is 0.305 e. The van der Waals surface area contributed by atoms with Crippen molar-refractivity contribution in [3.8, 4) is 0 Å². The Bertz CT molecular complexity index is 862. The number of hydrogen-bond donors (Lipinski definition) is 3. The third-order valence-corrected chi connectivity index (χ3v) is 6.24. The second-order valence-electron chi connectivity index (χ2n) is 8.62. The summed E-state index contributed by atoms with van der Waals surface area (Å²) < 4.78 is 4.62. The molecule has 194 valence electrons. The Labute approximate surface area is 211 Å².